The fraction of sp³-hybridized carbons (Fsp3) is 1.00. The van der Waals surface area contributed by atoms with Crippen molar-refractivity contribution in [1.82, 2.24) is 0 Å². The van der Waals surface area contributed by atoms with Crippen LogP contribution in [0.1, 0.15) is 0 Å². The fourth-order valence-electron chi connectivity index (χ4n) is 2.25. The minimum atomic E-state index is -4.52. The summed E-state index contributed by atoms with van der Waals surface area (Å²) in [7, 11) is -4.52. The summed E-state index contributed by atoms with van der Waals surface area (Å²) in [6.07, 6.45) is -6.69. The molecule has 27 heavy (non-hydrogen) atoms. The summed E-state index contributed by atoms with van der Waals surface area (Å²) in [4.78, 5) is 20.9. The van der Waals surface area contributed by atoms with Crippen molar-refractivity contribution < 1.29 is 53.8 Å². The molecular weight excluding hydrogens is 450 g/mol. The summed E-state index contributed by atoms with van der Waals surface area (Å²) in [5, 5.41) is 48.1. The van der Waals surface area contributed by atoms with Crippen molar-refractivity contribution in [1.29, 1.82) is 0 Å². The van der Waals surface area contributed by atoms with Gasteiger partial charge >= 0.3 is 138 Å². The predicted octanol–water partition coefficient (Wildman–Crippen LogP) is -2.43. The number of phosphoric acid groups is 1. The first-order chi connectivity index (χ1) is 12.3. The zero-order chi connectivity index (χ0) is 20.8. The Hall–Kier alpha value is 0.548. The van der Waals surface area contributed by atoms with E-state index in [1.165, 1.54) is 0 Å². The molecule has 1 aliphatic rings. The second-order valence-electron chi connectivity index (χ2n) is 7.38. The third kappa shape index (κ3) is 9.73. The number of phosphoric ester groups is 1. The number of hydrogen-bond acceptors (Lipinski definition) is 11. The van der Waals surface area contributed by atoms with E-state index >= 15 is 0 Å². The Kier molecular flexibility index (Phi) is 10.5. The molecule has 3 unspecified atom stereocenters. The van der Waals surface area contributed by atoms with Gasteiger partial charge in [-0.2, -0.15) is 0 Å². The van der Waals surface area contributed by atoms with E-state index in [4.69, 9.17) is 19.7 Å². The van der Waals surface area contributed by atoms with Gasteiger partial charge in [-0.1, -0.05) is 0 Å². The topological polar surface area (TPSA) is 181 Å². The maximum absolute atomic E-state index is 11.5. The van der Waals surface area contributed by atoms with Crippen LogP contribution in [0.4, 0.5) is 0 Å². The predicted molar refractivity (Wildman–Crippen MR) is 94.9 cm³/mol. The molecule has 1 saturated heterocycles. The van der Waals surface area contributed by atoms with Crippen LogP contribution in [0.15, 0.2) is 0 Å². The van der Waals surface area contributed by atoms with Gasteiger partial charge in [0, 0.05) is 0 Å². The van der Waals surface area contributed by atoms with E-state index in [0.717, 1.165) is 0 Å². The van der Waals surface area contributed by atoms with Gasteiger partial charge in [0.1, 0.15) is 6.10 Å². The second-order valence-corrected chi connectivity index (χ2v) is 19.2. The summed E-state index contributed by atoms with van der Waals surface area (Å²) in [6, 6.07) is 0. The molecule has 1 rings (SSSR count). The molecule has 11 nitrogen and oxygen atoms in total. The standard InChI is InChI=1S/C14H30AsO11P/c1-15(2,3)4-11-12(19)13(20)14(26-11)23-6-10(18)8-25-27(21,22)24-7-9(17)5-16/h9-14,16-20H,4-8H2,1-3H3/p+1/t9?,10?,11-,12-,13-,14-/m1/s1. The van der Waals surface area contributed by atoms with Gasteiger partial charge in [-0.05, 0) is 0 Å². The van der Waals surface area contributed by atoms with E-state index in [0.29, 0.717) is 5.21 Å². The van der Waals surface area contributed by atoms with Crippen LogP contribution in [0.2, 0.25) is 22.3 Å². The van der Waals surface area contributed by atoms with Crippen LogP contribution in [0.5, 0.6) is 0 Å². The number of ether oxygens (including phenoxy) is 2. The Balaban J connectivity index is 2.36. The molecule has 0 bridgehead atoms. The molecule has 0 spiro atoms. The van der Waals surface area contributed by atoms with Crippen molar-refractivity contribution in [3.63, 3.8) is 0 Å². The van der Waals surface area contributed by atoms with Crippen LogP contribution in [0.3, 0.4) is 0 Å². The third-order valence-corrected chi connectivity index (χ3v) is 7.57. The Morgan fingerprint density at radius 3 is 2.11 bits per heavy atom. The average molecular weight is 481 g/mol. The summed E-state index contributed by atoms with van der Waals surface area (Å²) in [5.41, 5.74) is 6.39. The zero-order valence-corrected chi connectivity index (χ0v) is 18.4. The van der Waals surface area contributed by atoms with E-state index in [1.54, 1.807) is 0 Å². The van der Waals surface area contributed by atoms with E-state index in [9.17, 15) is 25.1 Å². The molecule has 1 aliphatic heterocycles. The van der Waals surface area contributed by atoms with E-state index in [2.05, 4.69) is 26.2 Å². The van der Waals surface area contributed by atoms with Crippen molar-refractivity contribution in [3.05, 3.63) is 0 Å². The molecule has 0 aromatic heterocycles. The van der Waals surface area contributed by atoms with Crippen LogP contribution in [0.25, 0.3) is 0 Å². The van der Waals surface area contributed by atoms with Crippen molar-refractivity contribution in [2.75, 3.05) is 26.4 Å². The van der Waals surface area contributed by atoms with Gasteiger partial charge in [-0.15, -0.1) is 0 Å². The van der Waals surface area contributed by atoms with Gasteiger partial charge in [0.05, 0.1) is 6.61 Å². The first-order valence-electron chi connectivity index (χ1n) is 8.37. The number of hydrogen-bond donors (Lipinski definition) is 6. The average Bonchev–Trinajstić information content (AvgIpc) is 2.82. The monoisotopic (exact) mass is 481 g/mol. The summed E-state index contributed by atoms with van der Waals surface area (Å²) >= 11 is -1.88. The van der Waals surface area contributed by atoms with Crippen LogP contribution in [-0.4, -0.2) is 107 Å². The second kappa shape index (κ2) is 11.1. The fourth-order valence-corrected chi connectivity index (χ4v) is 5.94. The molecular formula is C14H31AsO11P+. The molecule has 0 aromatic carbocycles. The van der Waals surface area contributed by atoms with Crippen molar-refractivity contribution in [3.8, 4) is 0 Å². The van der Waals surface area contributed by atoms with Gasteiger partial charge in [0.2, 0.25) is 0 Å². The molecule has 6 N–H and O–H groups in total. The molecule has 0 amide bonds. The van der Waals surface area contributed by atoms with Crippen molar-refractivity contribution in [2.24, 2.45) is 0 Å². The van der Waals surface area contributed by atoms with Crippen LogP contribution in [0, 0.1) is 0 Å². The molecule has 7 atom stereocenters. The van der Waals surface area contributed by atoms with Crippen molar-refractivity contribution >= 4 is 21.7 Å². The van der Waals surface area contributed by atoms with Gasteiger partial charge in [0.25, 0.3) is 0 Å². The third-order valence-electron chi connectivity index (χ3n) is 3.57. The molecule has 0 aromatic rings. The Labute approximate surface area is 161 Å². The number of rotatable bonds is 12. The van der Waals surface area contributed by atoms with E-state index < -0.39 is 78.4 Å². The van der Waals surface area contributed by atoms with Gasteiger partial charge in [-0.3, -0.25) is 0 Å². The molecule has 0 radical (unpaired) electrons. The Bertz CT molecular complexity index is 436. The summed E-state index contributed by atoms with van der Waals surface area (Å²) < 4.78 is 19.8. The Morgan fingerprint density at radius 1 is 1.04 bits per heavy atom. The number of aliphatic hydroxyl groups is 5. The van der Waals surface area contributed by atoms with E-state index in [-0.39, 0.29) is 6.61 Å². The SMILES string of the molecule is C[As+](C)(C)C[C@H]1O[C@@H](OCC(O)CO[P+]([O-])(O)OCC(O)CO)[C@H](O)[C@@H]1O. The molecule has 13 heteroatoms. The van der Waals surface area contributed by atoms with Crippen LogP contribution in [-0.2, 0) is 18.5 Å². The minimum absolute atomic E-state index is 0.379. The summed E-state index contributed by atoms with van der Waals surface area (Å²) in [6.45, 7) is -2.26. The van der Waals surface area contributed by atoms with Crippen LogP contribution >= 0.6 is 8.17 Å². The van der Waals surface area contributed by atoms with Crippen molar-refractivity contribution in [2.45, 2.75) is 59.2 Å². The molecule has 0 aliphatic carbocycles. The normalized spacial score (nSPS) is 30.9. The molecule has 1 fully saturated rings. The molecule has 162 valence electrons. The zero-order valence-electron chi connectivity index (χ0n) is 15.6. The van der Waals surface area contributed by atoms with Gasteiger partial charge in [0.15, 0.2) is 0 Å². The number of aliphatic hydroxyl groups excluding tert-OH is 5. The van der Waals surface area contributed by atoms with Gasteiger partial charge < -0.3 is 10.2 Å². The van der Waals surface area contributed by atoms with Crippen LogP contribution < -0.4 is 4.89 Å². The Morgan fingerprint density at radius 2 is 1.59 bits per heavy atom. The molecule has 0 saturated carbocycles. The van der Waals surface area contributed by atoms with E-state index in [1.807, 2.05) is 0 Å². The first kappa shape index (κ1) is 25.6. The first-order valence-corrected chi connectivity index (χ1v) is 16.8. The van der Waals surface area contributed by atoms with Gasteiger partial charge in [-0.25, -0.2) is 0 Å². The maximum atomic E-state index is 11.5. The molecule has 1 heterocycles. The quantitative estimate of drug-likeness (QED) is 0.129. The summed E-state index contributed by atoms with van der Waals surface area (Å²) in [5.74, 6) is 0.